The van der Waals surface area contributed by atoms with Crippen molar-refractivity contribution >= 4 is 5.78 Å². The first-order valence-electron chi connectivity index (χ1n) is 12.9. The predicted octanol–water partition coefficient (Wildman–Crippen LogP) is 5.02. The van der Waals surface area contributed by atoms with Crippen LogP contribution in [0.4, 0.5) is 0 Å². The molecule has 2 aliphatic heterocycles. The first-order valence-corrected chi connectivity index (χ1v) is 12.9. The van der Waals surface area contributed by atoms with Gasteiger partial charge in [0.2, 0.25) is 0 Å². The summed E-state index contributed by atoms with van der Waals surface area (Å²) in [5.41, 5.74) is 5.28. The van der Waals surface area contributed by atoms with Crippen LogP contribution in [0.3, 0.4) is 0 Å². The third kappa shape index (κ3) is 5.23. The lowest BCUT2D eigenvalue weighted by atomic mass is 9.65. The van der Waals surface area contributed by atoms with E-state index in [2.05, 4.69) is 31.7 Å². The van der Waals surface area contributed by atoms with Gasteiger partial charge in [-0.3, -0.25) is 4.79 Å². The van der Waals surface area contributed by atoms with Gasteiger partial charge in [0, 0.05) is 20.1 Å². The summed E-state index contributed by atoms with van der Waals surface area (Å²) >= 11 is 0. The maximum atomic E-state index is 12.1. The molecule has 5 rings (SSSR count). The van der Waals surface area contributed by atoms with Gasteiger partial charge in [-0.05, 0) is 78.7 Å². The lowest BCUT2D eigenvalue weighted by Gasteiger charge is -2.39. The van der Waals surface area contributed by atoms with E-state index in [9.17, 15) is 4.79 Å². The maximum Gasteiger partial charge on any atom is 0.156 e. The summed E-state index contributed by atoms with van der Waals surface area (Å²) in [6.45, 7) is 7.39. The van der Waals surface area contributed by atoms with Crippen molar-refractivity contribution in [1.29, 1.82) is 0 Å². The number of fused-ring (bicyclic) bond motifs is 2. The minimum atomic E-state index is -0.0963. The number of methoxy groups -OCH3 is 1. The van der Waals surface area contributed by atoms with Crippen molar-refractivity contribution in [3.63, 3.8) is 0 Å². The van der Waals surface area contributed by atoms with Crippen molar-refractivity contribution in [3.05, 3.63) is 59.3 Å². The average Bonchev–Trinajstić information content (AvgIpc) is 3.66. The molecule has 5 heteroatoms. The topological polar surface area (TPSA) is 68.3 Å². The van der Waals surface area contributed by atoms with Crippen LogP contribution in [0.2, 0.25) is 0 Å². The molecule has 0 saturated carbocycles. The highest BCUT2D eigenvalue weighted by Gasteiger charge is 2.58. The molecule has 3 aliphatic carbocycles. The summed E-state index contributed by atoms with van der Waals surface area (Å²) in [5.74, 6) is 1.28. The molecule has 2 fully saturated rings. The van der Waals surface area contributed by atoms with Crippen LogP contribution in [0.25, 0.3) is 0 Å². The Morgan fingerprint density at radius 2 is 2.12 bits per heavy atom. The fourth-order valence-electron chi connectivity index (χ4n) is 6.08. The largest absolute Gasteiger partial charge is 0.396 e. The second-order valence-electron chi connectivity index (χ2n) is 10.0. The quantitative estimate of drug-likeness (QED) is 0.438. The Labute approximate surface area is 204 Å². The highest BCUT2D eigenvalue weighted by molar-refractivity contribution is 5.93. The zero-order valence-electron chi connectivity index (χ0n) is 20.8. The van der Waals surface area contributed by atoms with Gasteiger partial charge in [-0.1, -0.05) is 37.6 Å². The number of hydrogen-bond donors (Lipinski definition) is 1. The number of carbonyl (C=O) groups is 1. The van der Waals surface area contributed by atoms with E-state index in [1.165, 1.54) is 35.1 Å². The van der Waals surface area contributed by atoms with Gasteiger partial charge in [-0.2, -0.15) is 0 Å². The fourth-order valence-corrected chi connectivity index (χ4v) is 6.08. The van der Waals surface area contributed by atoms with Crippen LogP contribution in [0, 0.1) is 11.8 Å². The van der Waals surface area contributed by atoms with Crippen molar-refractivity contribution in [3.8, 4) is 0 Å². The van der Waals surface area contributed by atoms with E-state index < -0.39 is 0 Å². The average molecular weight is 469 g/mol. The molecule has 3 unspecified atom stereocenters. The highest BCUT2D eigenvalue weighted by Crippen LogP contribution is 2.54. The molecule has 186 valence electrons. The number of carbonyl (C=O) groups excluding carboxylic acids is 1. The molecular formula is C29H40O5. The molecular weight excluding hydrogens is 428 g/mol. The molecule has 0 radical (unpaired) electrons. The summed E-state index contributed by atoms with van der Waals surface area (Å²) in [7, 11) is 1.76. The Hall–Kier alpha value is -1.79. The van der Waals surface area contributed by atoms with Crippen molar-refractivity contribution in [2.75, 3.05) is 26.9 Å². The first kappa shape index (κ1) is 25.3. The van der Waals surface area contributed by atoms with Gasteiger partial charge in [0.1, 0.15) is 11.7 Å². The molecule has 1 N–H and O–H groups in total. The van der Waals surface area contributed by atoms with Crippen molar-refractivity contribution in [1.82, 2.24) is 0 Å². The number of hydrogen-bond acceptors (Lipinski definition) is 5. The molecule has 5 nitrogen and oxygen atoms in total. The highest BCUT2D eigenvalue weighted by atomic mass is 16.6. The van der Waals surface area contributed by atoms with Crippen molar-refractivity contribution < 1.29 is 24.1 Å². The minimum Gasteiger partial charge on any atom is -0.396 e. The molecule has 2 saturated heterocycles. The number of allylic oxidation sites excluding steroid dienone is 3. The molecule has 1 spiro atoms. The number of rotatable bonds is 6. The van der Waals surface area contributed by atoms with Crippen LogP contribution in [0.15, 0.2) is 59.3 Å². The van der Waals surface area contributed by atoms with Gasteiger partial charge in [0.05, 0.1) is 19.3 Å². The van der Waals surface area contributed by atoms with Gasteiger partial charge in [0.15, 0.2) is 5.78 Å². The van der Waals surface area contributed by atoms with Crippen LogP contribution in [0.5, 0.6) is 0 Å². The summed E-state index contributed by atoms with van der Waals surface area (Å²) in [5, 5.41) is 8.00. The van der Waals surface area contributed by atoms with Gasteiger partial charge in [-0.15, -0.1) is 6.58 Å². The van der Waals surface area contributed by atoms with E-state index in [0.29, 0.717) is 31.3 Å². The standard InChI is InChI=1S/C25H32O4.C4H8O/c1-3-4-22-21-11-7-17-13-18(26)8-12-20(17)23(21)24(28-14-25(22)15-29-25)16-5-9-19(27-2)10-6-16;1-2-3-4-5/h5-6,9,13,19,21-22,24H,3-4,7-8,10-12,14-15H2,1-2H3;2,5H,1,3-4H2/t19?,21?,22?,24-,25+;/m1./s1. The zero-order valence-corrected chi connectivity index (χ0v) is 20.8. The van der Waals surface area contributed by atoms with E-state index in [4.69, 9.17) is 19.3 Å². The second-order valence-corrected chi connectivity index (χ2v) is 10.0. The summed E-state index contributed by atoms with van der Waals surface area (Å²) < 4.78 is 18.2. The van der Waals surface area contributed by atoms with Gasteiger partial charge in [-0.25, -0.2) is 0 Å². The monoisotopic (exact) mass is 468 g/mol. The van der Waals surface area contributed by atoms with Crippen molar-refractivity contribution in [2.45, 2.75) is 76.1 Å². The second kappa shape index (κ2) is 11.3. The Kier molecular flexibility index (Phi) is 8.41. The number of ketones is 1. The molecule has 0 aromatic carbocycles. The normalized spacial score (nSPS) is 34.3. The summed E-state index contributed by atoms with van der Waals surface area (Å²) in [6.07, 6.45) is 17.9. The van der Waals surface area contributed by atoms with Crippen LogP contribution in [-0.4, -0.2) is 55.6 Å². The Morgan fingerprint density at radius 1 is 1.29 bits per heavy atom. The Morgan fingerprint density at radius 3 is 2.71 bits per heavy atom. The molecule has 2 heterocycles. The SMILES string of the molecule is C=CCCO.CCCC1C2CCC3=CC(=O)CCC3=C2[C@@H](C2=CCC(OC)C=C2)OC[C@]12CO2. The summed E-state index contributed by atoms with van der Waals surface area (Å²) in [4.78, 5) is 12.1. The van der Waals surface area contributed by atoms with Gasteiger partial charge >= 0.3 is 0 Å². The molecule has 0 aromatic rings. The molecule has 0 amide bonds. The van der Waals surface area contributed by atoms with Crippen LogP contribution in [0.1, 0.15) is 58.3 Å². The van der Waals surface area contributed by atoms with Gasteiger partial charge in [0.25, 0.3) is 0 Å². The molecule has 0 bridgehead atoms. The Bertz CT molecular complexity index is 888. The number of aliphatic hydroxyl groups excluding tert-OH is 1. The van der Waals surface area contributed by atoms with E-state index in [1.807, 2.05) is 6.08 Å². The van der Waals surface area contributed by atoms with Gasteiger partial charge < -0.3 is 19.3 Å². The fraction of sp³-hybridized carbons (Fsp3) is 0.621. The zero-order chi connectivity index (χ0) is 24.1. The third-order valence-electron chi connectivity index (χ3n) is 7.90. The van der Waals surface area contributed by atoms with Crippen LogP contribution in [-0.2, 0) is 19.0 Å². The van der Waals surface area contributed by atoms with Crippen LogP contribution < -0.4 is 0 Å². The minimum absolute atomic E-state index is 0.0242. The smallest absolute Gasteiger partial charge is 0.156 e. The van der Waals surface area contributed by atoms with E-state index in [0.717, 1.165) is 32.3 Å². The van der Waals surface area contributed by atoms with E-state index in [-0.39, 0.29) is 30.2 Å². The molecule has 0 aromatic heterocycles. The lowest BCUT2D eigenvalue weighted by molar-refractivity contribution is -0.114. The molecule has 5 atom stereocenters. The first-order chi connectivity index (χ1) is 16.6. The molecule has 34 heavy (non-hydrogen) atoms. The Balaban J connectivity index is 0.000000499. The van der Waals surface area contributed by atoms with Crippen LogP contribution >= 0.6 is 0 Å². The van der Waals surface area contributed by atoms with E-state index in [1.54, 1.807) is 13.2 Å². The molecule has 5 aliphatic rings. The van der Waals surface area contributed by atoms with E-state index >= 15 is 0 Å². The maximum absolute atomic E-state index is 12.1. The predicted molar refractivity (Wildman–Crippen MR) is 133 cm³/mol. The summed E-state index contributed by atoms with van der Waals surface area (Å²) in [6, 6.07) is 0. The lowest BCUT2D eigenvalue weighted by Crippen LogP contribution is -2.35. The third-order valence-corrected chi connectivity index (χ3v) is 7.90. The number of ether oxygens (including phenoxy) is 3. The number of epoxide rings is 1. The van der Waals surface area contributed by atoms with Crippen molar-refractivity contribution in [2.24, 2.45) is 11.8 Å². The number of aliphatic hydroxyl groups is 1.